The number of aryl methyl sites for hydroxylation is 3. The van der Waals surface area contributed by atoms with Gasteiger partial charge in [0.2, 0.25) is 0 Å². The van der Waals surface area contributed by atoms with Gasteiger partial charge in [0.05, 0.1) is 23.5 Å². The van der Waals surface area contributed by atoms with Gasteiger partial charge in [0.25, 0.3) is 11.5 Å². The Labute approximate surface area is 188 Å². The summed E-state index contributed by atoms with van der Waals surface area (Å²) in [6.45, 7) is 5.50. The van der Waals surface area contributed by atoms with Crippen LogP contribution in [0.1, 0.15) is 45.0 Å². The number of thiazole rings is 1. The second-order valence-electron chi connectivity index (χ2n) is 7.81. The Bertz CT molecular complexity index is 1230. The summed E-state index contributed by atoms with van der Waals surface area (Å²) in [6.07, 6.45) is 1.73. The third kappa shape index (κ3) is 4.02. The predicted octanol–water partition coefficient (Wildman–Crippen LogP) is 4.43. The maximum absolute atomic E-state index is 14.4. The molecule has 0 bridgehead atoms. The minimum absolute atomic E-state index is 0.0471. The van der Waals surface area contributed by atoms with Crippen LogP contribution >= 0.6 is 22.9 Å². The topological polar surface area (TPSA) is 68.1 Å². The van der Waals surface area contributed by atoms with Crippen LogP contribution in [0.3, 0.4) is 0 Å². The first-order valence-electron chi connectivity index (χ1n) is 9.95. The SMILES string of the molecule is Cc1nc(-c2c(C)c(C)nn(C)c2=O)sc1C(=O)N(Cc1c(F)cccc1Cl)C1CC1. The third-order valence-electron chi connectivity index (χ3n) is 5.57. The molecule has 0 spiro atoms. The number of benzene rings is 1. The molecule has 1 aliphatic carbocycles. The molecule has 1 amide bonds. The Kier molecular flexibility index (Phi) is 5.70. The molecule has 1 aliphatic rings. The van der Waals surface area contributed by atoms with E-state index in [1.165, 1.54) is 22.1 Å². The van der Waals surface area contributed by atoms with Gasteiger partial charge in [-0.25, -0.2) is 14.1 Å². The Morgan fingerprint density at radius 2 is 2.00 bits per heavy atom. The second-order valence-corrected chi connectivity index (χ2v) is 9.22. The van der Waals surface area contributed by atoms with Crippen molar-refractivity contribution in [3.63, 3.8) is 0 Å². The molecule has 1 aromatic carbocycles. The summed E-state index contributed by atoms with van der Waals surface area (Å²) in [5.74, 6) is -0.651. The average Bonchev–Trinajstić information content (AvgIpc) is 3.48. The molecule has 31 heavy (non-hydrogen) atoms. The van der Waals surface area contributed by atoms with E-state index in [1.54, 1.807) is 31.0 Å². The highest BCUT2D eigenvalue weighted by Gasteiger charge is 2.36. The number of carbonyl (C=O) groups excluding carboxylic acids is 1. The van der Waals surface area contributed by atoms with Gasteiger partial charge in [-0.2, -0.15) is 5.10 Å². The average molecular weight is 461 g/mol. The Morgan fingerprint density at radius 1 is 1.29 bits per heavy atom. The minimum Gasteiger partial charge on any atom is -0.330 e. The number of aromatic nitrogens is 3. The fourth-order valence-corrected chi connectivity index (χ4v) is 4.88. The van der Waals surface area contributed by atoms with Crippen molar-refractivity contribution in [2.45, 2.75) is 46.2 Å². The highest BCUT2D eigenvalue weighted by atomic mass is 35.5. The fourth-order valence-electron chi connectivity index (χ4n) is 3.54. The largest absolute Gasteiger partial charge is 0.330 e. The molecule has 0 radical (unpaired) electrons. The molecule has 0 aliphatic heterocycles. The summed E-state index contributed by atoms with van der Waals surface area (Å²) in [7, 11) is 1.60. The van der Waals surface area contributed by atoms with E-state index in [2.05, 4.69) is 10.1 Å². The number of halogens is 2. The number of carbonyl (C=O) groups is 1. The number of amides is 1. The van der Waals surface area contributed by atoms with Crippen LogP contribution in [0.15, 0.2) is 23.0 Å². The van der Waals surface area contributed by atoms with Crippen LogP contribution in [0.2, 0.25) is 5.02 Å². The Morgan fingerprint density at radius 3 is 2.65 bits per heavy atom. The van der Waals surface area contributed by atoms with E-state index < -0.39 is 5.82 Å². The zero-order valence-corrected chi connectivity index (χ0v) is 19.3. The van der Waals surface area contributed by atoms with Crippen molar-refractivity contribution < 1.29 is 9.18 Å². The number of rotatable bonds is 5. The first-order chi connectivity index (χ1) is 14.7. The van der Waals surface area contributed by atoms with Crippen LogP contribution in [-0.4, -0.2) is 31.6 Å². The maximum atomic E-state index is 14.4. The summed E-state index contributed by atoms with van der Waals surface area (Å²) in [5, 5.41) is 4.99. The zero-order chi connectivity index (χ0) is 22.4. The molecule has 4 rings (SSSR count). The van der Waals surface area contributed by atoms with Gasteiger partial charge >= 0.3 is 0 Å². The highest BCUT2D eigenvalue weighted by Crippen LogP contribution is 2.35. The smallest absolute Gasteiger partial charge is 0.277 e. The van der Waals surface area contributed by atoms with Gasteiger partial charge in [-0.05, 0) is 51.3 Å². The van der Waals surface area contributed by atoms with Gasteiger partial charge < -0.3 is 4.90 Å². The van der Waals surface area contributed by atoms with E-state index in [0.717, 1.165) is 24.1 Å². The molecule has 3 aromatic rings. The third-order valence-corrected chi connectivity index (χ3v) is 7.09. The van der Waals surface area contributed by atoms with Crippen molar-refractivity contribution in [3.8, 4) is 10.6 Å². The van der Waals surface area contributed by atoms with Crippen molar-refractivity contribution in [3.05, 3.63) is 66.8 Å². The number of hydrogen-bond donors (Lipinski definition) is 0. The number of hydrogen-bond acceptors (Lipinski definition) is 5. The lowest BCUT2D eigenvalue weighted by atomic mass is 10.1. The molecule has 0 unspecified atom stereocenters. The van der Waals surface area contributed by atoms with Gasteiger partial charge in [0, 0.05) is 23.7 Å². The molecule has 6 nitrogen and oxygen atoms in total. The molecule has 2 aromatic heterocycles. The summed E-state index contributed by atoms with van der Waals surface area (Å²) in [4.78, 5) is 32.8. The van der Waals surface area contributed by atoms with Crippen LogP contribution < -0.4 is 5.56 Å². The summed E-state index contributed by atoms with van der Waals surface area (Å²) < 4.78 is 15.6. The quantitative estimate of drug-likeness (QED) is 0.565. The van der Waals surface area contributed by atoms with Crippen LogP contribution in [0.25, 0.3) is 10.6 Å². The van der Waals surface area contributed by atoms with Crippen LogP contribution in [0, 0.1) is 26.6 Å². The predicted molar refractivity (Wildman–Crippen MR) is 119 cm³/mol. The van der Waals surface area contributed by atoms with Crippen molar-refractivity contribution in [2.24, 2.45) is 7.05 Å². The van der Waals surface area contributed by atoms with E-state index in [-0.39, 0.29) is 24.1 Å². The van der Waals surface area contributed by atoms with E-state index >= 15 is 0 Å². The van der Waals surface area contributed by atoms with Gasteiger partial charge in [0.15, 0.2) is 0 Å². The molecule has 0 N–H and O–H groups in total. The fraction of sp³-hybridized carbons (Fsp3) is 0.364. The van der Waals surface area contributed by atoms with Gasteiger partial charge in [-0.15, -0.1) is 11.3 Å². The lowest BCUT2D eigenvalue weighted by Gasteiger charge is -2.23. The van der Waals surface area contributed by atoms with Crippen LogP contribution in [0.4, 0.5) is 4.39 Å². The summed E-state index contributed by atoms with van der Waals surface area (Å²) in [6, 6.07) is 4.56. The van der Waals surface area contributed by atoms with Gasteiger partial charge in [0.1, 0.15) is 15.7 Å². The second kappa shape index (κ2) is 8.16. The van der Waals surface area contributed by atoms with Gasteiger partial charge in [-0.3, -0.25) is 9.59 Å². The monoisotopic (exact) mass is 460 g/mol. The summed E-state index contributed by atoms with van der Waals surface area (Å²) in [5.41, 5.74) is 2.53. The van der Waals surface area contributed by atoms with E-state index in [1.807, 2.05) is 13.8 Å². The lowest BCUT2D eigenvalue weighted by Crippen LogP contribution is -2.33. The van der Waals surface area contributed by atoms with Crippen molar-refractivity contribution in [2.75, 3.05) is 0 Å². The molecule has 2 heterocycles. The van der Waals surface area contributed by atoms with E-state index in [9.17, 15) is 14.0 Å². The highest BCUT2D eigenvalue weighted by molar-refractivity contribution is 7.17. The Balaban J connectivity index is 1.73. The first-order valence-corrected chi connectivity index (χ1v) is 11.1. The molecular weight excluding hydrogens is 439 g/mol. The maximum Gasteiger partial charge on any atom is 0.277 e. The van der Waals surface area contributed by atoms with Crippen LogP contribution in [0.5, 0.6) is 0 Å². The molecular formula is C22H22ClFN4O2S. The zero-order valence-electron chi connectivity index (χ0n) is 17.7. The van der Waals surface area contributed by atoms with E-state index in [4.69, 9.17) is 11.6 Å². The van der Waals surface area contributed by atoms with E-state index in [0.29, 0.717) is 31.7 Å². The molecule has 162 valence electrons. The lowest BCUT2D eigenvalue weighted by molar-refractivity contribution is 0.0732. The van der Waals surface area contributed by atoms with Crippen molar-refractivity contribution in [1.82, 2.24) is 19.7 Å². The van der Waals surface area contributed by atoms with Crippen molar-refractivity contribution in [1.29, 1.82) is 0 Å². The van der Waals surface area contributed by atoms with Crippen molar-refractivity contribution >= 4 is 28.8 Å². The molecule has 9 heteroatoms. The standard InChI is InChI=1S/C22H22ClFN4O2S/c1-11-12(2)26-27(4)21(29)18(11)20-25-13(3)19(31-20)22(30)28(14-8-9-14)10-15-16(23)6-5-7-17(15)24/h5-7,14H,8-10H2,1-4H3. The first kappa shape index (κ1) is 21.6. The molecule has 0 saturated heterocycles. The number of nitrogens with zero attached hydrogens (tertiary/aromatic N) is 4. The molecule has 1 saturated carbocycles. The molecule has 1 fully saturated rings. The van der Waals surface area contributed by atoms with Gasteiger partial charge in [-0.1, -0.05) is 17.7 Å². The molecule has 0 atom stereocenters. The summed E-state index contributed by atoms with van der Waals surface area (Å²) >= 11 is 7.39. The minimum atomic E-state index is -0.431. The Hall–Kier alpha value is -2.58. The normalized spacial score (nSPS) is 13.5. The van der Waals surface area contributed by atoms with Crippen LogP contribution in [-0.2, 0) is 13.6 Å².